The van der Waals surface area contributed by atoms with Gasteiger partial charge in [-0.15, -0.1) is 0 Å². The number of nitrogens with zero attached hydrogens (tertiary/aromatic N) is 4. The van der Waals surface area contributed by atoms with Crippen LogP contribution in [0.3, 0.4) is 0 Å². The molecule has 2 heterocycles. The number of rotatable bonds is 6. The monoisotopic (exact) mass is 513 g/mol. The van der Waals surface area contributed by atoms with Gasteiger partial charge in [0.15, 0.2) is 0 Å². The molecule has 0 saturated carbocycles. The highest BCUT2D eigenvalue weighted by Crippen LogP contribution is 2.29. The molecule has 2 fully saturated rings. The van der Waals surface area contributed by atoms with Crippen molar-refractivity contribution in [2.75, 3.05) is 51.3 Å². The van der Waals surface area contributed by atoms with Crippen LogP contribution in [0.4, 0.5) is 5.69 Å². The average Bonchev–Trinajstić information content (AvgIpc) is 2.86. The van der Waals surface area contributed by atoms with E-state index in [9.17, 15) is 4.79 Å². The zero-order valence-electron chi connectivity index (χ0n) is 19.1. The fraction of sp³-hybridized carbons (Fsp3) is 0.440. The molecule has 2 aromatic rings. The lowest BCUT2D eigenvalue weighted by molar-refractivity contribution is -0.148. The molecule has 0 radical (unpaired) electrons. The van der Waals surface area contributed by atoms with Gasteiger partial charge in [-0.1, -0.05) is 40.2 Å². The van der Waals surface area contributed by atoms with Gasteiger partial charge in [-0.05, 0) is 48.2 Å². The number of halogens is 1. The number of methoxy groups -OCH3 is 1. The summed E-state index contributed by atoms with van der Waals surface area (Å²) in [4.78, 5) is 19.9. The summed E-state index contributed by atoms with van der Waals surface area (Å²) in [5.74, 6) is 5.05. The van der Waals surface area contributed by atoms with Crippen molar-refractivity contribution in [1.82, 2.24) is 9.80 Å². The molecule has 176 valence electrons. The number of nitrogens with two attached hydrogens (primary N) is 1. The van der Waals surface area contributed by atoms with Crippen molar-refractivity contribution in [3.05, 3.63) is 64.1 Å². The minimum atomic E-state index is -0.340. The molecule has 0 spiro atoms. The molecular formula is C25H32BrN5O2. The third kappa shape index (κ3) is 5.75. The van der Waals surface area contributed by atoms with Gasteiger partial charge in [0.25, 0.3) is 0 Å². The van der Waals surface area contributed by atoms with Gasteiger partial charge in [0, 0.05) is 55.5 Å². The van der Waals surface area contributed by atoms with Crippen LogP contribution >= 0.6 is 15.9 Å². The van der Waals surface area contributed by atoms with E-state index in [1.54, 1.807) is 6.21 Å². The molecule has 4 rings (SSSR count). The number of piperazine rings is 1. The highest BCUT2D eigenvalue weighted by atomic mass is 79.9. The number of piperidine rings is 1. The molecule has 2 aliphatic heterocycles. The summed E-state index contributed by atoms with van der Waals surface area (Å²) in [6.45, 7) is 5.95. The maximum atomic E-state index is 12.6. The van der Waals surface area contributed by atoms with Crippen LogP contribution in [0.25, 0.3) is 0 Å². The van der Waals surface area contributed by atoms with Gasteiger partial charge < -0.3 is 15.5 Å². The van der Waals surface area contributed by atoms with Crippen molar-refractivity contribution in [3.63, 3.8) is 0 Å². The van der Waals surface area contributed by atoms with E-state index >= 15 is 0 Å². The Morgan fingerprint density at radius 3 is 2.24 bits per heavy atom. The summed E-state index contributed by atoms with van der Waals surface area (Å²) in [6, 6.07) is 16.6. The van der Waals surface area contributed by atoms with Crippen LogP contribution in [0.15, 0.2) is 58.1 Å². The first-order valence-electron chi connectivity index (χ1n) is 11.5. The van der Waals surface area contributed by atoms with E-state index in [4.69, 9.17) is 10.6 Å². The van der Waals surface area contributed by atoms with Crippen LogP contribution in [-0.4, -0.2) is 74.4 Å². The number of carbonyl (C=O) groups is 1. The van der Waals surface area contributed by atoms with Crippen LogP contribution in [0.1, 0.15) is 30.0 Å². The van der Waals surface area contributed by atoms with Gasteiger partial charge in [0.05, 0.1) is 13.3 Å². The number of ether oxygens (including phenoxy) is 1. The predicted molar refractivity (Wildman–Crippen MR) is 136 cm³/mol. The third-order valence-corrected chi connectivity index (χ3v) is 7.32. The number of anilines is 1. The third-order valence-electron chi connectivity index (χ3n) is 6.79. The molecule has 2 aliphatic rings. The van der Waals surface area contributed by atoms with E-state index in [0.29, 0.717) is 6.04 Å². The summed E-state index contributed by atoms with van der Waals surface area (Å²) in [5, 5.41) is 3.58. The van der Waals surface area contributed by atoms with Gasteiger partial charge in [0.1, 0.15) is 6.04 Å². The fourth-order valence-corrected chi connectivity index (χ4v) is 5.23. The van der Waals surface area contributed by atoms with Gasteiger partial charge in [-0.2, -0.15) is 5.10 Å². The second-order valence-corrected chi connectivity index (χ2v) is 9.55. The Morgan fingerprint density at radius 1 is 1.03 bits per heavy atom. The molecule has 0 aromatic heterocycles. The Hall–Kier alpha value is -2.42. The minimum Gasteiger partial charge on any atom is -0.468 e. The van der Waals surface area contributed by atoms with Crippen molar-refractivity contribution in [2.45, 2.75) is 24.9 Å². The number of hydrazone groups is 1. The fourth-order valence-electron chi connectivity index (χ4n) is 4.96. The van der Waals surface area contributed by atoms with Crippen LogP contribution < -0.4 is 10.7 Å². The smallest absolute Gasteiger partial charge is 0.327 e. The number of likely N-dealkylation sites (tertiary alicyclic amines) is 1. The quantitative estimate of drug-likeness (QED) is 0.276. The number of hydrogen-bond acceptors (Lipinski definition) is 7. The summed E-state index contributed by atoms with van der Waals surface area (Å²) >= 11 is 3.48. The Morgan fingerprint density at radius 2 is 1.67 bits per heavy atom. The first-order chi connectivity index (χ1) is 16.1. The molecule has 2 N–H and O–H groups in total. The molecule has 33 heavy (non-hydrogen) atoms. The van der Waals surface area contributed by atoms with Crippen molar-refractivity contribution in [2.24, 2.45) is 10.9 Å². The standard InChI is InChI=1S/C25H32BrN5O2/c1-33-25(32)24(20-4-6-21(26)7-5-20)31-12-10-23(11-13-31)30-16-14-29(15-17-30)22-8-2-19(3-9-22)18-28-27/h2-9,18,23-24H,10-17,27H2,1H3. The number of hydrogen-bond donors (Lipinski definition) is 1. The Labute approximate surface area is 204 Å². The van der Waals surface area contributed by atoms with Crippen LogP contribution in [0.5, 0.6) is 0 Å². The SMILES string of the molecule is COC(=O)C(c1ccc(Br)cc1)N1CCC(N2CCN(c3ccc(C=NN)cc3)CC2)CC1. The Kier molecular flexibility index (Phi) is 8.01. The van der Waals surface area contributed by atoms with E-state index in [0.717, 1.165) is 67.7 Å². The lowest BCUT2D eigenvalue weighted by atomic mass is 9.97. The average molecular weight is 514 g/mol. The molecule has 1 atom stereocenters. The second kappa shape index (κ2) is 11.1. The van der Waals surface area contributed by atoms with Crippen molar-refractivity contribution >= 4 is 33.8 Å². The zero-order valence-corrected chi connectivity index (χ0v) is 20.7. The molecule has 0 amide bonds. The van der Waals surface area contributed by atoms with E-state index in [1.165, 1.54) is 12.8 Å². The normalized spacial score (nSPS) is 19.6. The maximum Gasteiger partial charge on any atom is 0.327 e. The van der Waals surface area contributed by atoms with E-state index < -0.39 is 0 Å². The summed E-state index contributed by atoms with van der Waals surface area (Å²) < 4.78 is 6.15. The largest absolute Gasteiger partial charge is 0.468 e. The molecular weight excluding hydrogens is 482 g/mol. The van der Waals surface area contributed by atoms with Gasteiger partial charge in [-0.25, -0.2) is 4.79 Å². The highest BCUT2D eigenvalue weighted by Gasteiger charge is 2.34. The van der Waals surface area contributed by atoms with E-state index in [1.807, 2.05) is 24.3 Å². The predicted octanol–water partition coefficient (Wildman–Crippen LogP) is 3.24. The van der Waals surface area contributed by atoms with Crippen molar-refractivity contribution in [3.8, 4) is 0 Å². The van der Waals surface area contributed by atoms with Crippen LogP contribution in [0, 0.1) is 0 Å². The Balaban J connectivity index is 1.31. The second-order valence-electron chi connectivity index (χ2n) is 8.64. The van der Waals surface area contributed by atoms with Crippen molar-refractivity contribution in [1.29, 1.82) is 0 Å². The first-order valence-corrected chi connectivity index (χ1v) is 12.3. The molecule has 8 heteroatoms. The number of carbonyl (C=O) groups excluding carboxylic acids is 1. The molecule has 7 nitrogen and oxygen atoms in total. The maximum absolute atomic E-state index is 12.6. The molecule has 2 saturated heterocycles. The first kappa shape index (κ1) is 23.7. The lowest BCUT2D eigenvalue weighted by Gasteiger charge is -2.44. The lowest BCUT2D eigenvalue weighted by Crippen LogP contribution is -2.54. The number of esters is 1. The van der Waals surface area contributed by atoms with E-state index in [-0.39, 0.29) is 12.0 Å². The number of benzene rings is 2. The molecule has 1 unspecified atom stereocenters. The highest BCUT2D eigenvalue weighted by molar-refractivity contribution is 9.10. The minimum absolute atomic E-state index is 0.187. The van der Waals surface area contributed by atoms with Gasteiger partial charge >= 0.3 is 5.97 Å². The van der Waals surface area contributed by atoms with Gasteiger partial charge in [0.2, 0.25) is 0 Å². The van der Waals surface area contributed by atoms with Gasteiger partial charge in [-0.3, -0.25) is 9.80 Å². The van der Waals surface area contributed by atoms with E-state index in [2.05, 4.69) is 60.0 Å². The summed E-state index contributed by atoms with van der Waals surface area (Å²) in [5.41, 5.74) is 3.25. The summed E-state index contributed by atoms with van der Waals surface area (Å²) in [6.07, 6.45) is 3.80. The van der Waals surface area contributed by atoms with Crippen molar-refractivity contribution < 1.29 is 9.53 Å². The molecule has 0 bridgehead atoms. The summed E-state index contributed by atoms with van der Waals surface area (Å²) in [7, 11) is 1.47. The molecule has 2 aromatic carbocycles. The Bertz CT molecular complexity index is 934. The van der Waals surface area contributed by atoms with Crippen LogP contribution in [0.2, 0.25) is 0 Å². The van der Waals surface area contributed by atoms with Crippen LogP contribution in [-0.2, 0) is 9.53 Å². The topological polar surface area (TPSA) is 74.4 Å². The zero-order chi connectivity index (χ0) is 23.2. The molecule has 0 aliphatic carbocycles.